The van der Waals surface area contributed by atoms with Crippen LogP contribution in [0.25, 0.3) is 11.0 Å². The van der Waals surface area contributed by atoms with Crippen molar-refractivity contribution in [3.05, 3.63) is 28.2 Å². The fourth-order valence-electron chi connectivity index (χ4n) is 1.25. The first-order valence-electron chi connectivity index (χ1n) is 3.97. The number of rotatable bonds is 0. The number of fused-ring (bicyclic) bond motifs is 1. The van der Waals surface area contributed by atoms with Gasteiger partial charge in [0.25, 0.3) is 0 Å². The summed E-state index contributed by atoms with van der Waals surface area (Å²) in [7, 11) is 0. The molecule has 0 amide bonds. The predicted molar refractivity (Wildman–Crippen MR) is 54.1 cm³/mol. The second kappa shape index (κ2) is 3.60. The molecular formula is C9H4BiN3O2. The zero-order chi connectivity index (χ0) is 11.0. The Labute approximate surface area is 99.2 Å². The first-order valence-corrected chi connectivity index (χ1v) is 5.71. The Kier molecular flexibility index (Phi) is 2.41. The number of aromatic hydroxyl groups is 1. The van der Waals surface area contributed by atoms with Crippen molar-refractivity contribution in [3.8, 4) is 11.8 Å². The van der Waals surface area contributed by atoms with Crippen molar-refractivity contribution in [1.29, 1.82) is 5.26 Å². The van der Waals surface area contributed by atoms with E-state index in [1.165, 1.54) is 0 Å². The average molecular weight is 395 g/mol. The van der Waals surface area contributed by atoms with Gasteiger partial charge in [-0.25, -0.2) is 0 Å². The summed E-state index contributed by atoms with van der Waals surface area (Å²) < 4.78 is 0.953. The van der Waals surface area contributed by atoms with Crippen molar-refractivity contribution in [2.45, 2.75) is 0 Å². The Morgan fingerprint density at radius 2 is 2.33 bits per heavy atom. The fourth-order valence-corrected chi connectivity index (χ4v) is 1.98. The van der Waals surface area contributed by atoms with Crippen LogP contribution >= 0.6 is 0 Å². The van der Waals surface area contributed by atoms with E-state index in [1.807, 2.05) is 0 Å². The molecule has 0 aliphatic carbocycles. The summed E-state index contributed by atoms with van der Waals surface area (Å²) in [5.41, 5.74) is -0.590. The first-order chi connectivity index (χ1) is 7.13. The summed E-state index contributed by atoms with van der Waals surface area (Å²) >= 11 is 0.994. The molecule has 6 heteroatoms. The molecule has 2 N–H and O–H groups in total. The molecule has 5 nitrogen and oxygen atoms in total. The topological polar surface area (TPSA) is 89.8 Å². The first kappa shape index (κ1) is 10.1. The number of hydrogen-bond donors (Lipinski definition) is 2. The molecule has 0 aliphatic rings. The Hall–Kier alpha value is -1.47. The van der Waals surface area contributed by atoms with Gasteiger partial charge in [-0.2, -0.15) is 0 Å². The standard InChI is InChI=1S/C9H4N3O2.Bi/c10-4-6-7(13)5-2-1-3-11-8(5)12-9(6)14;/h2-3H,(H2,11,12,13,14);. The number of aromatic amines is 1. The van der Waals surface area contributed by atoms with E-state index >= 15 is 0 Å². The van der Waals surface area contributed by atoms with Crippen molar-refractivity contribution in [1.82, 2.24) is 9.97 Å². The maximum atomic E-state index is 11.3. The van der Waals surface area contributed by atoms with Crippen LogP contribution in [-0.4, -0.2) is 39.8 Å². The van der Waals surface area contributed by atoms with E-state index in [1.54, 1.807) is 18.3 Å². The number of nitrogens with one attached hydrogen (secondary N) is 1. The number of hydrogen-bond acceptors (Lipinski definition) is 4. The van der Waals surface area contributed by atoms with Crippen LogP contribution in [0, 0.1) is 11.3 Å². The summed E-state index contributed by atoms with van der Waals surface area (Å²) in [6.45, 7) is 0. The summed E-state index contributed by atoms with van der Waals surface area (Å²) in [4.78, 5) is 17.7. The van der Waals surface area contributed by atoms with Gasteiger partial charge in [0.2, 0.25) is 0 Å². The van der Waals surface area contributed by atoms with Crippen LogP contribution in [0.1, 0.15) is 5.56 Å². The van der Waals surface area contributed by atoms with E-state index in [-0.39, 0.29) is 11.3 Å². The Morgan fingerprint density at radius 1 is 1.60 bits per heavy atom. The molecule has 0 saturated heterocycles. The van der Waals surface area contributed by atoms with Crippen LogP contribution in [0.2, 0.25) is 0 Å². The number of nitrogens with zero attached hydrogens (tertiary/aromatic N) is 2. The molecule has 15 heavy (non-hydrogen) atoms. The summed E-state index contributed by atoms with van der Waals surface area (Å²) in [5.74, 6) is -0.295. The van der Waals surface area contributed by atoms with Crippen LogP contribution in [-0.2, 0) is 0 Å². The van der Waals surface area contributed by atoms with Crippen molar-refractivity contribution >= 4 is 39.0 Å². The van der Waals surface area contributed by atoms with Crippen LogP contribution in [0.5, 0.6) is 5.75 Å². The number of pyridine rings is 2. The number of H-pyrrole nitrogens is 1. The Balaban J connectivity index is 3.00. The fraction of sp³-hybridized carbons (Fsp3) is 0. The van der Waals surface area contributed by atoms with Crippen molar-refractivity contribution in [2.75, 3.05) is 0 Å². The zero-order valence-corrected chi connectivity index (χ0v) is 10.8. The van der Waals surface area contributed by atoms with Crippen LogP contribution < -0.4 is 8.83 Å². The molecule has 2 rings (SSSR count). The van der Waals surface area contributed by atoms with Gasteiger partial charge in [-0.15, -0.1) is 0 Å². The SMILES string of the molecule is N#Cc1c(O)c2c[c]([Bi])cnc2[nH]c1=O. The molecule has 2 aromatic heterocycles. The van der Waals surface area contributed by atoms with Gasteiger partial charge in [0, 0.05) is 0 Å². The normalized spacial score (nSPS) is 10.1. The zero-order valence-electron chi connectivity index (χ0n) is 7.35. The molecule has 0 fully saturated rings. The third-order valence-corrected chi connectivity index (χ3v) is 2.89. The monoisotopic (exact) mass is 395 g/mol. The van der Waals surface area contributed by atoms with Gasteiger partial charge in [-0.1, -0.05) is 0 Å². The average Bonchev–Trinajstić information content (AvgIpc) is 2.20. The van der Waals surface area contributed by atoms with Crippen molar-refractivity contribution < 1.29 is 5.11 Å². The van der Waals surface area contributed by atoms with Gasteiger partial charge < -0.3 is 0 Å². The van der Waals surface area contributed by atoms with Gasteiger partial charge in [0.15, 0.2) is 0 Å². The molecular weight excluding hydrogens is 391 g/mol. The molecule has 0 spiro atoms. The predicted octanol–water partition coefficient (Wildman–Crippen LogP) is -0.706. The van der Waals surface area contributed by atoms with Gasteiger partial charge in [0.1, 0.15) is 0 Å². The molecule has 0 aliphatic heterocycles. The van der Waals surface area contributed by atoms with Crippen LogP contribution in [0.15, 0.2) is 17.1 Å². The molecule has 2 heterocycles. The van der Waals surface area contributed by atoms with Gasteiger partial charge in [0.05, 0.1) is 0 Å². The quantitative estimate of drug-likeness (QED) is 0.578. The summed E-state index contributed by atoms with van der Waals surface area (Å²) in [6, 6.07) is 3.37. The second-order valence-electron chi connectivity index (χ2n) is 2.88. The van der Waals surface area contributed by atoms with Gasteiger partial charge in [-0.3, -0.25) is 0 Å². The summed E-state index contributed by atoms with van der Waals surface area (Å²) in [6.07, 6.45) is 1.62. The Morgan fingerprint density at radius 3 is 3.00 bits per heavy atom. The van der Waals surface area contributed by atoms with Gasteiger partial charge in [-0.05, 0) is 0 Å². The van der Waals surface area contributed by atoms with Crippen molar-refractivity contribution in [2.24, 2.45) is 0 Å². The second-order valence-corrected chi connectivity index (χ2v) is 4.89. The molecule has 0 unspecified atom stereocenters. The van der Waals surface area contributed by atoms with E-state index in [4.69, 9.17) is 5.26 Å². The minimum absolute atomic E-state index is 0.270. The Bertz CT molecular complexity index is 642. The molecule has 0 aromatic carbocycles. The minimum atomic E-state index is -0.617. The molecule has 2 radical (unpaired) electrons. The molecule has 72 valence electrons. The third-order valence-electron chi connectivity index (χ3n) is 1.94. The molecule has 0 atom stereocenters. The maximum absolute atomic E-state index is 11.3. The summed E-state index contributed by atoms with van der Waals surface area (Å²) in [5, 5.41) is 18.8. The molecule has 2 aromatic rings. The third kappa shape index (κ3) is 1.59. The van der Waals surface area contributed by atoms with E-state index in [0.717, 1.165) is 28.0 Å². The van der Waals surface area contributed by atoms with E-state index < -0.39 is 5.56 Å². The molecule has 0 saturated carbocycles. The van der Waals surface area contributed by atoms with Crippen LogP contribution in [0.3, 0.4) is 0 Å². The van der Waals surface area contributed by atoms with E-state index in [0.29, 0.717) is 11.0 Å². The van der Waals surface area contributed by atoms with E-state index in [9.17, 15) is 9.90 Å². The number of nitriles is 1. The van der Waals surface area contributed by atoms with E-state index in [2.05, 4.69) is 9.97 Å². The molecule has 0 bridgehead atoms. The number of aromatic nitrogens is 2. The van der Waals surface area contributed by atoms with Crippen LogP contribution in [0.4, 0.5) is 0 Å². The van der Waals surface area contributed by atoms with Crippen molar-refractivity contribution in [3.63, 3.8) is 0 Å². The van der Waals surface area contributed by atoms with Gasteiger partial charge >= 0.3 is 99.4 Å².